The van der Waals surface area contributed by atoms with Crippen LogP contribution in [0.5, 0.6) is 0 Å². The van der Waals surface area contributed by atoms with Crippen molar-refractivity contribution in [1.82, 2.24) is 0 Å². The van der Waals surface area contributed by atoms with Crippen LogP contribution < -0.4 is 0 Å². The molecule has 16 heavy (non-hydrogen) atoms. The summed E-state index contributed by atoms with van der Waals surface area (Å²) in [6.07, 6.45) is 7.73. The topological polar surface area (TPSA) is 17.1 Å². The van der Waals surface area contributed by atoms with E-state index in [9.17, 15) is 4.79 Å². The molecule has 1 aliphatic carbocycles. The van der Waals surface area contributed by atoms with Crippen LogP contribution in [-0.4, -0.2) is 13.9 Å². The van der Waals surface area contributed by atoms with Crippen LogP contribution in [0, 0.1) is 5.41 Å². The second-order valence-electron chi connectivity index (χ2n) is 5.24. The van der Waals surface area contributed by atoms with Gasteiger partial charge in [0.15, 0.2) is 5.78 Å². The fourth-order valence-corrected chi connectivity index (χ4v) is 6.83. The molecule has 0 radical (unpaired) electrons. The van der Waals surface area contributed by atoms with Crippen molar-refractivity contribution in [3.8, 4) is 0 Å². The Morgan fingerprint density at radius 2 is 1.69 bits per heavy atom. The van der Waals surface area contributed by atoms with Gasteiger partial charge >= 0.3 is 0 Å². The molecular weight excluding hydrogens is 212 g/mol. The summed E-state index contributed by atoms with van der Waals surface area (Å²) < 4.78 is 0. The summed E-state index contributed by atoms with van der Waals surface area (Å²) in [5, 5.41) is 0. The van der Waals surface area contributed by atoms with E-state index in [4.69, 9.17) is 0 Å². The summed E-state index contributed by atoms with van der Waals surface area (Å²) in [6.45, 7) is 9.01. The molecule has 0 aromatic carbocycles. The Morgan fingerprint density at radius 1 is 1.12 bits per heavy atom. The lowest BCUT2D eigenvalue weighted by molar-refractivity contribution is -0.120. The average molecular weight is 236 g/mol. The van der Waals surface area contributed by atoms with E-state index in [0.29, 0.717) is 5.78 Å². The third kappa shape index (κ3) is 2.54. The van der Waals surface area contributed by atoms with Crippen LogP contribution in [0.3, 0.4) is 0 Å². The van der Waals surface area contributed by atoms with Crippen LogP contribution in [0.15, 0.2) is 24.3 Å². The van der Waals surface area contributed by atoms with Gasteiger partial charge in [0.1, 0.15) is 0 Å². The van der Waals surface area contributed by atoms with E-state index in [1.807, 2.05) is 12.2 Å². The normalized spacial score (nSPS) is 25.1. The zero-order chi connectivity index (χ0) is 12.2. The summed E-state index contributed by atoms with van der Waals surface area (Å²) in [7, 11) is -1.22. The summed E-state index contributed by atoms with van der Waals surface area (Å²) >= 11 is 0. The summed E-state index contributed by atoms with van der Waals surface area (Å²) in [5.41, 5.74) is -0.219. The second-order valence-corrected chi connectivity index (χ2v) is 10.7. The van der Waals surface area contributed by atoms with Crippen molar-refractivity contribution in [2.75, 3.05) is 0 Å². The van der Waals surface area contributed by atoms with Gasteiger partial charge in [-0.2, -0.15) is 0 Å². The molecule has 0 aromatic rings. The number of carbonyl (C=O) groups is 1. The molecule has 0 aromatic heterocycles. The highest BCUT2D eigenvalue weighted by Gasteiger charge is 2.39. The van der Waals surface area contributed by atoms with Gasteiger partial charge in [-0.3, -0.25) is 4.79 Å². The van der Waals surface area contributed by atoms with Crippen molar-refractivity contribution < 1.29 is 4.79 Å². The van der Waals surface area contributed by atoms with Gasteiger partial charge in [0.05, 0.1) is 8.07 Å². The summed E-state index contributed by atoms with van der Waals surface area (Å²) in [4.78, 5) is 12.0. The molecule has 0 bridgehead atoms. The molecule has 2 heteroatoms. The first-order valence-electron chi connectivity index (χ1n) is 6.42. The number of hydrogen-bond donors (Lipinski definition) is 0. The summed E-state index contributed by atoms with van der Waals surface area (Å²) in [6, 6.07) is 4.99. The highest BCUT2D eigenvalue weighted by atomic mass is 28.3. The van der Waals surface area contributed by atoms with E-state index in [-0.39, 0.29) is 5.41 Å². The highest BCUT2D eigenvalue weighted by Crippen LogP contribution is 2.38. The van der Waals surface area contributed by atoms with Crippen LogP contribution in [0.1, 0.15) is 27.7 Å². The van der Waals surface area contributed by atoms with E-state index in [1.54, 1.807) is 6.08 Å². The minimum Gasteiger partial charge on any atom is -0.294 e. The van der Waals surface area contributed by atoms with Gasteiger partial charge < -0.3 is 0 Å². The maximum atomic E-state index is 12.0. The van der Waals surface area contributed by atoms with E-state index >= 15 is 0 Å². The number of hydrogen-bond acceptors (Lipinski definition) is 1. The second kappa shape index (κ2) is 5.13. The molecule has 1 unspecified atom stereocenters. The molecule has 1 aliphatic rings. The van der Waals surface area contributed by atoms with E-state index in [2.05, 4.69) is 33.8 Å². The summed E-state index contributed by atoms with van der Waals surface area (Å²) in [5.74, 6) is 0.294. The quantitative estimate of drug-likeness (QED) is 0.654. The number of rotatable bonds is 5. The van der Waals surface area contributed by atoms with E-state index in [0.717, 1.165) is 6.04 Å². The molecule has 0 saturated carbocycles. The van der Waals surface area contributed by atoms with Crippen molar-refractivity contribution in [2.45, 2.75) is 51.9 Å². The molecule has 1 atom stereocenters. The van der Waals surface area contributed by atoms with Gasteiger partial charge in [0, 0.05) is 5.41 Å². The predicted molar refractivity (Wildman–Crippen MR) is 73.4 cm³/mol. The molecule has 0 fully saturated rings. The van der Waals surface area contributed by atoms with Crippen LogP contribution in [0.25, 0.3) is 0 Å². The van der Waals surface area contributed by atoms with Crippen LogP contribution >= 0.6 is 0 Å². The molecule has 1 rings (SSSR count). The Kier molecular flexibility index (Phi) is 4.31. The maximum absolute atomic E-state index is 12.0. The minimum atomic E-state index is -1.22. The SMILES string of the molecule is CC[Si](CC)(CC)CC1(C)C=CC=CC1=O. The fraction of sp³-hybridized carbons (Fsp3) is 0.643. The minimum absolute atomic E-state index is 0.219. The van der Waals surface area contributed by atoms with Gasteiger partial charge in [-0.25, -0.2) is 0 Å². The molecule has 0 N–H and O–H groups in total. The van der Waals surface area contributed by atoms with Gasteiger partial charge in [-0.15, -0.1) is 0 Å². The molecule has 90 valence electrons. The molecule has 0 aliphatic heterocycles. The van der Waals surface area contributed by atoms with Crippen LogP contribution in [0.2, 0.25) is 24.2 Å². The first-order chi connectivity index (χ1) is 7.52. The predicted octanol–water partition coefficient (Wildman–Crippen LogP) is 4.20. The number of allylic oxidation sites excluding steroid dienone is 4. The van der Waals surface area contributed by atoms with Crippen LogP contribution in [0.4, 0.5) is 0 Å². The Hall–Kier alpha value is -0.633. The van der Waals surface area contributed by atoms with Gasteiger partial charge in [0.2, 0.25) is 0 Å². The van der Waals surface area contributed by atoms with E-state index < -0.39 is 8.07 Å². The maximum Gasteiger partial charge on any atom is 0.165 e. The molecule has 0 amide bonds. The first kappa shape index (κ1) is 13.4. The largest absolute Gasteiger partial charge is 0.294 e. The molecule has 1 nitrogen and oxygen atoms in total. The number of carbonyl (C=O) groups excluding carboxylic acids is 1. The van der Waals surface area contributed by atoms with Crippen molar-refractivity contribution in [3.63, 3.8) is 0 Å². The molecule has 0 saturated heterocycles. The Balaban J connectivity index is 2.90. The van der Waals surface area contributed by atoms with Crippen molar-refractivity contribution in [3.05, 3.63) is 24.3 Å². The fourth-order valence-electron chi connectivity index (χ4n) is 2.73. The molecule has 0 spiro atoms. The van der Waals surface area contributed by atoms with Crippen molar-refractivity contribution >= 4 is 13.9 Å². The lowest BCUT2D eigenvalue weighted by Crippen LogP contribution is -2.40. The third-order valence-electron chi connectivity index (χ3n) is 4.38. The lowest BCUT2D eigenvalue weighted by Gasteiger charge is -2.37. The Bertz CT molecular complexity index is 304. The monoisotopic (exact) mass is 236 g/mol. The zero-order valence-corrected chi connectivity index (χ0v) is 12.0. The molecular formula is C14H24OSi. The first-order valence-corrected chi connectivity index (χ1v) is 9.25. The van der Waals surface area contributed by atoms with E-state index in [1.165, 1.54) is 18.1 Å². The van der Waals surface area contributed by atoms with Gasteiger partial charge in [0.25, 0.3) is 0 Å². The van der Waals surface area contributed by atoms with Gasteiger partial charge in [-0.05, 0) is 19.0 Å². The highest BCUT2D eigenvalue weighted by molar-refractivity contribution is 6.80. The smallest absolute Gasteiger partial charge is 0.165 e. The number of ketones is 1. The zero-order valence-electron chi connectivity index (χ0n) is 11.0. The average Bonchev–Trinajstić information content (AvgIpc) is 2.31. The molecule has 0 heterocycles. The van der Waals surface area contributed by atoms with Crippen LogP contribution in [-0.2, 0) is 4.79 Å². The van der Waals surface area contributed by atoms with Gasteiger partial charge in [-0.1, -0.05) is 57.1 Å². The van der Waals surface area contributed by atoms with Crippen molar-refractivity contribution in [1.29, 1.82) is 0 Å². The third-order valence-corrected chi connectivity index (χ3v) is 10.4. The Labute approximate surface area is 101 Å². The standard InChI is InChI=1S/C14H24OSi/c1-5-16(6-2,7-3)12-14(4)11-9-8-10-13(14)15/h8-11H,5-7,12H2,1-4H3. The Morgan fingerprint density at radius 3 is 2.12 bits per heavy atom. The lowest BCUT2D eigenvalue weighted by atomic mass is 9.84. The van der Waals surface area contributed by atoms with Crippen molar-refractivity contribution in [2.24, 2.45) is 5.41 Å².